The lowest BCUT2D eigenvalue weighted by atomic mass is 9.80. The van der Waals surface area contributed by atoms with Crippen LogP contribution in [-0.2, 0) is 23.9 Å². The molecule has 132 valence electrons. The SMILES string of the molecule is O=C(COC(=O)[C@@H]1[C@H]2C[C@H]3[C@H](OC(=O)[C@@H]31)[C@H]2Br)Nc1ccc(Cl)cc1. The predicted octanol–water partition coefficient (Wildman–Crippen LogP) is 2.39. The quantitative estimate of drug-likeness (QED) is 0.588. The molecule has 1 saturated heterocycles. The number of benzene rings is 1. The Morgan fingerprint density at radius 3 is 2.72 bits per heavy atom. The highest BCUT2D eigenvalue weighted by Gasteiger charge is 2.68. The molecule has 1 amide bonds. The van der Waals surface area contributed by atoms with Crippen molar-refractivity contribution in [1.82, 2.24) is 0 Å². The minimum Gasteiger partial charge on any atom is -0.461 e. The monoisotopic (exact) mass is 427 g/mol. The van der Waals surface area contributed by atoms with Crippen molar-refractivity contribution in [3.8, 4) is 0 Å². The van der Waals surface area contributed by atoms with Crippen LogP contribution in [0.1, 0.15) is 6.42 Å². The first kappa shape index (κ1) is 16.8. The van der Waals surface area contributed by atoms with Crippen LogP contribution in [0.4, 0.5) is 5.69 Å². The van der Waals surface area contributed by atoms with Crippen molar-refractivity contribution >= 4 is 51.1 Å². The summed E-state index contributed by atoms with van der Waals surface area (Å²) in [6.07, 6.45) is 0.632. The second-order valence-electron chi connectivity index (χ2n) is 6.62. The first-order valence-electron chi connectivity index (χ1n) is 8.02. The zero-order chi connectivity index (χ0) is 17.7. The van der Waals surface area contributed by atoms with Gasteiger partial charge in [-0.1, -0.05) is 27.5 Å². The fourth-order valence-corrected chi connectivity index (χ4v) is 5.43. The number of esters is 2. The van der Waals surface area contributed by atoms with Crippen LogP contribution >= 0.6 is 27.5 Å². The Morgan fingerprint density at radius 2 is 2.00 bits per heavy atom. The third-order valence-corrected chi connectivity index (χ3v) is 6.72. The van der Waals surface area contributed by atoms with E-state index in [1.54, 1.807) is 24.3 Å². The molecular weight excluding hydrogens is 414 g/mol. The van der Waals surface area contributed by atoms with Crippen LogP contribution in [0.15, 0.2) is 24.3 Å². The van der Waals surface area contributed by atoms with E-state index in [9.17, 15) is 14.4 Å². The Balaban J connectivity index is 1.35. The number of hydrogen-bond donors (Lipinski definition) is 1. The molecule has 0 aromatic heterocycles. The number of carbonyl (C=O) groups is 3. The standard InChI is InChI=1S/C17H15BrClNO5/c18-14-9-5-10-13(17(23)25-15(10)14)12(9)16(22)24-6-11(21)20-8-3-1-7(19)2-4-8/h1-4,9-10,12-15H,5-6H2,(H,20,21)/t9-,10-,12-,13+,14+,15+/m1/s1. The molecule has 6 atom stereocenters. The Bertz CT molecular complexity index is 739. The second kappa shape index (κ2) is 6.29. The molecule has 4 rings (SSSR count). The van der Waals surface area contributed by atoms with Crippen LogP contribution in [0.3, 0.4) is 0 Å². The first-order chi connectivity index (χ1) is 12.0. The Kier molecular flexibility index (Phi) is 4.24. The summed E-state index contributed by atoms with van der Waals surface area (Å²) in [5, 5.41) is 3.19. The molecule has 6 nitrogen and oxygen atoms in total. The molecule has 1 aliphatic heterocycles. The molecule has 1 aromatic rings. The third-order valence-electron chi connectivity index (χ3n) is 5.27. The number of rotatable bonds is 4. The van der Waals surface area contributed by atoms with Gasteiger partial charge in [0, 0.05) is 16.6 Å². The van der Waals surface area contributed by atoms with Crippen molar-refractivity contribution < 1.29 is 23.9 Å². The topological polar surface area (TPSA) is 81.7 Å². The van der Waals surface area contributed by atoms with Gasteiger partial charge in [0.2, 0.25) is 0 Å². The van der Waals surface area contributed by atoms with Gasteiger partial charge >= 0.3 is 11.9 Å². The molecule has 8 heteroatoms. The summed E-state index contributed by atoms with van der Waals surface area (Å²) < 4.78 is 10.5. The van der Waals surface area contributed by atoms with E-state index in [0.717, 1.165) is 6.42 Å². The molecule has 3 fully saturated rings. The van der Waals surface area contributed by atoms with Crippen molar-refractivity contribution in [2.75, 3.05) is 11.9 Å². The van der Waals surface area contributed by atoms with Gasteiger partial charge in [0.15, 0.2) is 6.61 Å². The average Bonchev–Trinajstić information content (AvgIpc) is 3.19. The van der Waals surface area contributed by atoms with Crippen LogP contribution in [0.25, 0.3) is 0 Å². The lowest BCUT2D eigenvalue weighted by Gasteiger charge is -2.26. The summed E-state index contributed by atoms with van der Waals surface area (Å²) >= 11 is 9.33. The molecule has 0 unspecified atom stereocenters. The highest BCUT2D eigenvalue weighted by Crippen LogP contribution is 2.60. The normalized spacial score (nSPS) is 34.7. The number of anilines is 1. The molecule has 1 heterocycles. The van der Waals surface area contributed by atoms with Gasteiger partial charge in [-0.25, -0.2) is 0 Å². The Labute approximate surface area is 157 Å². The zero-order valence-electron chi connectivity index (χ0n) is 13.0. The molecular formula is C17H15BrClNO5. The van der Waals surface area contributed by atoms with Crippen molar-refractivity contribution in [3.63, 3.8) is 0 Å². The van der Waals surface area contributed by atoms with Gasteiger partial charge in [0.1, 0.15) is 6.10 Å². The summed E-state index contributed by atoms with van der Waals surface area (Å²) in [5.41, 5.74) is 0.563. The maximum atomic E-state index is 12.5. The van der Waals surface area contributed by atoms with E-state index in [2.05, 4.69) is 21.2 Å². The summed E-state index contributed by atoms with van der Waals surface area (Å²) in [5.74, 6) is -2.17. The largest absolute Gasteiger partial charge is 0.461 e. The van der Waals surface area contributed by atoms with E-state index in [0.29, 0.717) is 10.7 Å². The van der Waals surface area contributed by atoms with Crippen LogP contribution in [-0.4, -0.2) is 35.4 Å². The number of alkyl halides is 1. The maximum Gasteiger partial charge on any atom is 0.310 e. The predicted molar refractivity (Wildman–Crippen MR) is 92.2 cm³/mol. The zero-order valence-corrected chi connectivity index (χ0v) is 15.3. The molecule has 2 bridgehead atoms. The van der Waals surface area contributed by atoms with Gasteiger partial charge in [-0.3, -0.25) is 14.4 Å². The van der Waals surface area contributed by atoms with Crippen molar-refractivity contribution in [3.05, 3.63) is 29.3 Å². The summed E-state index contributed by atoms with van der Waals surface area (Å²) in [6.45, 7) is -0.395. The minimum absolute atomic E-state index is 0.0123. The highest BCUT2D eigenvalue weighted by atomic mass is 79.9. The van der Waals surface area contributed by atoms with Gasteiger partial charge in [-0.05, 0) is 36.6 Å². The molecule has 2 saturated carbocycles. The number of carbonyl (C=O) groups excluding carboxylic acids is 3. The van der Waals surface area contributed by atoms with Crippen LogP contribution in [0.2, 0.25) is 5.02 Å². The fourth-order valence-electron chi connectivity index (χ4n) is 4.26. The van der Waals surface area contributed by atoms with Crippen molar-refractivity contribution in [2.24, 2.45) is 23.7 Å². The Morgan fingerprint density at radius 1 is 1.28 bits per heavy atom. The third kappa shape index (κ3) is 2.83. The van der Waals surface area contributed by atoms with Gasteiger partial charge in [-0.2, -0.15) is 0 Å². The second-order valence-corrected chi connectivity index (χ2v) is 8.12. The van der Waals surface area contributed by atoms with Gasteiger partial charge < -0.3 is 14.8 Å². The number of hydrogen-bond acceptors (Lipinski definition) is 5. The van der Waals surface area contributed by atoms with E-state index < -0.39 is 30.3 Å². The molecule has 3 aliphatic rings. The van der Waals surface area contributed by atoms with Gasteiger partial charge in [-0.15, -0.1) is 0 Å². The number of ether oxygens (including phenoxy) is 2. The first-order valence-corrected chi connectivity index (χ1v) is 9.31. The molecule has 0 radical (unpaired) electrons. The van der Waals surface area contributed by atoms with Crippen molar-refractivity contribution in [1.29, 1.82) is 0 Å². The molecule has 0 spiro atoms. The smallest absolute Gasteiger partial charge is 0.310 e. The molecule has 1 N–H and O–H groups in total. The highest BCUT2D eigenvalue weighted by molar-refractivity contribution is 9.09. The van der Waals surface area contributed by atoms with Crippen LogP contribution in [0.5, 0.6) is 0 Å². The van der Waals surface area contributed by atoms with Crippen molar-refractivity contribution in [2.45, 2.75) is 17.4 Å². The Hall–Kier alpha value is -1.60. The van der Waals surface area contributed by atoms with Crippen LogP contribution < -0.4 is 5.32 Å². The summed E-state index contributed by atoms with van der Waals surface area (Å²) in [6, 6.07) is 6.61. The molecule has 2 aliphatic carbocycles. The average molecular weight is 429 g/mol. The minimum atomic E-state index is -0.538. The summed E-state index contributed by atoms with van der Waals surface area (Å²) in [4.78, 5) is 36.4. The van der Waals surface area contributed by atoms with E-state index in [1.165, 1.54) is 0 Å². The molecule has 25 heavy (non-hydrogen) atoms. The van der Waals surface area contributed by atoms with Gasteiger partial charge in [0.25, 0.3) is 5.91 Å². The van der Waals surface area contributed by atoms with E-state index >= 15 is 0 Å². The summed E-state index contributed by atoms with van der Waals surface area (Å²) in [7, 11) is 0. The number of halogens is 2. The van der Waals surface area contributed by atoms with E-state index in [1.807, 2.05) is 0 Å². The van der Waals surface area contributed by atoms with E-state index in [4.69, 9.17) is 21.1 Å². The number of fused-ring (bicyclic) bond motifs is 1. The van der Waals surface area contributed by atoms with E-state index in [-0.39, 0.29) is 28.7 Å². The van der Waals surface area contributed by atoms with Crippen LogP contribution in [0, 0.1) is 23.7 Å². The fraction of sp³-hybridized carbons (Fsp3) is 0.471. The maximum absolute atomic E-state index is 12.5. The lowest BCUT2D eigenvalue weighted by molar-refractivity contribution is -0.157. The number of nitrogens with one attached hydrogen (secondary N) is 1. The molecule has 1 aromatic carbocycles. The van der Waals surface area contributed by atoms with Gasteiger partial charge in [0.05, 0.1) is 16.7 Å². The number of amides is 1. The lowest BCUT2D eigenvalue weighted by Crippen LogP contribution is -2.39.